The van der Waals surface area contributed by atoms with Gasteiger partial charge in [0.15, 0.2) is 0 Å². The summed E-state index contributed by atoms with van der Waals surface area (Å²) in [7, 11) is -3.78. The second kappa shape index (κ2) is 4.59. The summed E-state index contributed by atoms with van der Waals surface area (Å²) < 4.78 is 30.9. The van der Waals surface area contributed by atoms with Gasteiger partial charge in [0.05, 0.1) is 6.61 Å². The highest BCUT2D eigenvalue weighted by Gasteiger charge is 2.34. The predicted octanol–water partition coefficient (Wildman–Crippen LogP) is 1.65. The molecule has 1 aliphatic rings. The van der Waals surface area contributed by atoms with Crippen molar-refractivity contribution < 1.29 is 23.4 Å². The fourth-order valence-electron chi connectivity index (χ4n) is 2.25. The van der Waals surface area contributed by atoms with Gasteiger partial charge in [0, 0.05) is 5.56 Å². The monoisotopic (exact) mass is 292 g/mol. The molecule has 1 heterocycles. The molecule has 0 aromatic heterocycles. The van der Waals surface area contributed by atoms with Crippen LogP contribution in [-0.2, 0) is 9.84 Å². The molecule has 0 saturated heterocycles. The first-order valence-corrected chi connectivity index (χ1v) is 7.48. The highest BCUT2D eigenvalue weighted by molar-refractivity contribution is 7.91. The lowest BCUT2D eigenvalue weighted by atomic mass is 10.1. The molecule has 1 aliphatic heterocycles. The Labute approximate surface area is 116 Å². The topological polar surface area (TPSA) is 83.8 Å². The average molecular weight is 292 g/mol. The maximum atomic E-state index is 12.7. The summed E-state index contributed by atoms with van der Waals surface area (Å²) in [6.07, 6.45) is -1.27. The van der Waals surface area contributed by atoms with Gasteiger partial charge < -0.3 is 14.9 Å². The van der Waals surface area contributed by atoms with Crippen molar-refractivity contribution >= 4 is 9.84 Å². The van der Waals surface area contributed by atoms with Crippen LogP contribution in [0.25, 0.3) is 0 Å². The summed E-state index contributed by atoms with van der Waals surface area (Å²) in [5, 5.41) is 18.9. The largest absolute Gasteiger partial charge is 0.455 e. The van der Waals surface area contributed by atoms with Crippen molar-refractivity contribution in [2.45, 2.75) is 15.9 Å². The van der Waals surface area contributed by atoms with Gasteiger partial charge in [0.1, 0.15) is 27.4 Å². The van der Waals surface area contributed by atoms with Gasteiger partial charge in [0.25, 0.3) is 0 Å². The molecule has 1 atom stereocenters. The Hall–Kier alpha value is -1.89. The van der Waals surface area contributed by atoms with E-state index < -0.39 is 22.5 Å². The number of aliphatic hydroxyl groups is 2. The molecule has 104 valence electrons. The molecule has 0 bridgehead atoms. The van der Waals surface area contributed by atoms with Gasteiger partial charge in [-0.05, 0) is 18.2 Å². The highest BCUT2D eigenvalue weighted by Crippen LogP contribution is 2.44. The van der Waals surface area contributed by atoms with Crippen LogP contribution in [0.5, 0.6) is 11.5 Å². The first kappa shape index (κ1) is 13.1. The quantitative estimate of drug-likeness (QED) is 0.750. The number of para-hydroxylation sites is 1. The van der Waals surface area contributed by atoms with Crippen molar-refractivity contribution in [3.8, 4) is 11.5 Å². The Kier molecular flexibility index (Phi) is 3.01. The predicted molar refractivity (Wildman–Crippen MR) is 70.5 cm³/mol. The van der Waals surface area contributed by atoms with Crippen LogP contribution in [0.4, 0.5) is 0 Å². The lowest BCUT2D eigenvalue weighted by molar-refractivity contribution is 0.0931. The van der Waals surface area contributed by atoms with E-state index >= 15 is 0 Å². The normalized spacial score (nSPS) is 16.7. The molecular formula is C14H12O5S. The van der Waals surface area contributed by atoms with Crippen LogP contribution >= 0.6 is 0 Å². The van der Waals surface area contributed by atoms with Crippen LogP contribution in [0.15, 0.2) is 52.3 Å². The fourth-order valence-corrected chi connectivity index (χ4v) is 3.99. The van der Waals surface area contributed by atoms with Crippen molar-refractivity contribution in [2.75, 3.05) is 6.61 Å². The standard InChI is InChI=1S/C14H12O5S/c15-8-10(16)9-4-3-6-12-14(9)20(17,18)13-7-2-1-5-11(13)19-12/h1-7,10,15-16H,8H2. The van der Waals surface area contributed by atoms with Gasteiger partial charge in [0.2, 0.25) is 9.84 Å². The van der Waals surface area contributed by atoms with Crippen molar-refractivity contribution in [3.05, 3.63) is 48.0 Å². The molecule has 6 heteroatoms. The van der Waals surface area contributed by atoms with Crippen LogP contribution in [-0.4, -0.2) is 25.2 Å². The van der Waals surface area contributed by atoms with E-state index in [1.807, 2.05) is 0 Å². The Bertz CT molecular complexity index is 767. The molecule has 3 rings (SSSR count). The molecule has 5 nitrogen and oxygen atoms in total. The van der Waals surface area contributed by atoms with Crippen LogP contribution in [0.1, 0.15) is 11.7 Å². The zero-order valence-electron chi connectivity index (χ0n) is 10.4. The Morgan fingerprint density at radius 1 is 1.05 bits per heavy atom. The van der Waals surface area contributed by atoms with E-state index in [1.165, 1.54) is 18.2 Å². The number of aliphatic hydroxyl groups excluding tert-OH is 2. The van der Waals surface area contributed by atoms with Crippen LogP contribution in [0, 0.1) is 0 Å². The fraction of sp³-hybridized carbons (Fsp3) is 0.143. The summed E-state index contributed by atoms with van der Waals surface area (Å²) in [5.74, 6) is 0.421. The molecular weight excluding hydrogens is 280 g/mol. The van der Waals surface area contributed by atoms with Crippen molar-refractivity contribution in [1.29, 1.82) is 0 Å². The maximum absolute atomic E-state index is 12.7. The molecule has 20 heavy (non-hydrogen) atoms. The van der Waals surface area contributed by atoms with Gasteiger partial charge in [-0.2, -0.15) is 0 Å². The van der Waals surface area contributed by atoms with E-state index in [4.69, 9.17) is 9.84 Å². The molecule has 2 N–H and O–H groups in total. The van der Waals surface area contributed by atoms with E-state index in [0.29, 0.717) is 0 Å². The molecule has 0 spiro atoms. The van der Waals surface area contributed by atoms with Gasteiger partial charge in [-0.1, -0.05) is 24.3 Å². The SMILES string of the molecule is O=S1(=O)c2ccccc2Oc2cccc(C(O)CO)c21. The number of rotatable bonds is 2. The molecule has 2 aromatic rings. The minimum atomic E-state index is -3.78. The third kappa shape index (κ3) is 1.81. The van der Waals surface area contributed by atoms with E-state index in [2.05, 4.69) is 0 Å². The molecule has 2 aromatic carbocycles. The zero-order valence-corrected chi connectivity index (χ0v) is 11.2. The number of ether oxygens (including phenoxy) is 1. The molecule has 0 saturated carbocycles. The number of hydrogen-bond donors (Lipinski definition) is 2. The Balaban J connectivity index is 2.31. The van der Waals surface area contributed by atoms with E-state index in [-0.39, 0.29) is 26.9 Å². The summed E-state index contributed by atoms with van der Waals surface area (Å²) in [4.78, 5) is -0.0228. The Morgan fingerprint density at radius 2 is 1.75 bits per heavy atom. The van der Waals surface area contributed by atoms with Crippen molar-refractivity contribution in [1.82, 2.24) is 0 Å². The van der Waals surface area contributed by atoms with Gasteiger partial charge in [-0.3, -0.25) is 0 Å². The third-order valence-electron chi connectivity index (χ3n) is 3.17. The number of hydrogen-bond acceptors (Lipinski definition) is 5. The minimum absolute atomic E-state index is 0.0603. The van der Waals surface area contributed by atoms with E-state index in [0.717, 1.165) is 0 Å². The maximum Gasteiger partial charge on any atom is 0.214 e. The zero-order chi connectivity index (χ0) is 14.3. The van der Waals surface area contributed by atoms with E-state index in [1.54, 1.807) is 24.3 Å². The summed E-state index contributed by atoms with van der Waals surface area (Å²) in [5.41, 5.74) is 0.138. The van der Waals surface area contributed by atoms with Crippen molar-refractivity contribution in [2.24, 2.45) is 0 Å². The van der Waals surface area contributed by atoms with Gasteiger partial charge in [-0.15, -0.1) is 0 Å². The van der Waals surface area contributed by atoms with Gasteiger partial charge >= 0.3 is 0 Å². The summed E-state index contributed by atoms with van der Waals surface area (Å²) in [6, 6.07) is 10.9. The first-order chi connectivity index (χ1) is 9.55. The summed E-state index contributed by atoms with van der Waals surface area (Å²) in [6.45, 7) is -0.562. The number of benzene rings is 2. The van der Waals surface area contributed by atoms with Crippen LogP contribution in [0.2, 0.25) is 0 Å². The minimum Gasteiger partial charge on any atom is -0.455 e. The molecule has 0 amide bonds. The van der Waals surface area contributed by atoms with Crippen LogP contribution < -0.4 is 4.74 Å². The lowest BCUT2D eigenvalue weighted by Crippen LogP contribution is -2.16. The second-order valence-electron chi connectivity index (χ2n) is 4.43. The lowest BCUT2D eigenvalue weighted by Gasteiger charge is -2.23. The first-order valence-electron chi connectivity index (χ1n) is 5.99. The average Bonchev–Trinajstić information content (AvgIpc) is 2.46. The molecule has 0 fully saturated rings. The van der Waals surface area contributed by atoms with Gasteiger partial charge in [-0.25, -0.2) is 8.42 Å². The molecule has 0 aliphatic carbocycles. The van der Waals surface area contributed by atoms with Crippen molar-refractivity contribution in [3.63, 3.8) is 0 Å². The number of fused-ring (bicyclic) bond motifs is 2. The second-order valence-corrected chi connectivity index (χ2v) is 6.28. The Morgan fingerprint density at radius 3 is 2.50 bits per heavy atom. The molecule has 1 unspecified atom stereocenters. The third-order valence-corrected chi connectivity index (χ3v) is 5.06. The highest BCUT2D eigenvalue weighted by atomic mass is 32.2. The van der Waals surface area contributed by atoms with E-state index in [9.17, 15) is 13.5 Å². The van der Waals surface area contributed by atoms with Crippen LogP contribution in [0.3, 0.4) is 0 Å². The summed E-state index contributed by atoms with van der Waals surface area (Å²) >= 11 is 0. The molecule has 0 radical (unpaired) electrons. The smallest absolute Gasteiger partial charge is 0.214 e. The number of sulfone groups is 1.